The molecule has 0 aliphatic rings. The van der Waals surface area contributed by atoms with Gasteiger partial charge in [0.05, 0.1) is 21.7 Å². The maximum Gasteiger partial charge on any atom is 0.266 e. The molecule has 0 bridgehead atoms. The van der Waals surface area contributed by atoms with Crippen molar-refractivity contribution in [3.63, 3.8) is 0 Å². The molecule has 0 fully saturated rings. The van der Waals surface area contributed by atoms with E-state index in [4.69, 9.17) is 72.2 Å². The van der Waals surface area contributed by atoms with E-state index < -0.39 is 5.91 Å². The van der Waals surface area contributed by atoms with Gasteiger partial charge < -0.3 is 19.5 Å². The van der Waals surface area contributed by atoms with Gasteiger partial charge in [-0.25, -0.2) is 0 Å². The predicted octanol–water partition coefficient (Wildman–Crippen LogP) is 10.1. The first-order valence-electron chi connectivity index (χ1n) is 12.8. The number of nitriles is 1. The van der Waals surface area contributed by atoms with E-state index in [1.54, 1.807) is 72.8 Å². The maximum atomic E-state index is 12.9. The highest BCUT2D eigenvalue weighted by molar-refractivity contribution is 6.42. The number of ether oxygens (including phenoxy) is 3. The zero-order valence-electron chi connectivity index (χ0n) is 22.6. The lowest BCUT2D eigenvalue weighted by Gasteiger charge is -2.15. The fourth-order valence-electron chi connectivity index (χ4n) is 3.81. The van der Waals surface area contributed by atoms with Gasteiger partial charge in [-0.3, -0.25) is 4.79 Å². The number of hydrogen-bond acceptors (Lipinski definition) is 5. The van der Waals surface area contributed by atoms with Crippen molar-refractivity contribution in [1.29, 1.82) is 5.26 Å². The number of nitrogens with zero attached hydrogens (tertiary/aromatic N) is 1. The zero-order chi connectivity index (χ0) is 30.9. The third-order valence-electron chi connectivity index (χ3n) is 5.90. The van der Waals surface area contributed by atoms with Crippen molar-refractivity contribution in [2.75, 3.05) is 11.9 Å². The highest BCUT2D eigenvalue weighted by atomic mass is 35.5. The molecule has 0 saturated heterocycles. The van der Waals surface area contributed by atoms with Crippen LogP contribution in [0.3, 0.4) is 0 Å². The van der Waals surface area contributed by atoms with Crippen LogP contribution in [0.5, 0.6) is 17.2 Å². The summed E-state index contributed by atoms with van der Waals surface area (Å²) in [7, 11) is 0. The predicted molar refractivity (Wildman–Crippen MR) is 173 cm³/mol. The quantitative estimate of drug-likeness (QED) is 0.126. The van der Waals surface area contributed by atoms with Gasteiger partial charge in [0.15, 0.2) is 11.5 Å². The smallest absolute Gasteiger partial charge is 0.266 e. The summed E-state index contributed by atoms with van der Waals surface area (Å²) < 4.78 is 17.4. The van der Waals surface area contributed by atoms with Gasteiger partial charge in [0, 0.05) is 21.3 Å². The molecule has 0 unspecified atom stereocenters. The van der Waals surface area contributed by atoms with E-state index in [0.717, 1.165) is 11.1 Å². The average Bonchev–Trinajstić information content (AvgIpc) is 2.97. The van der Waals surface area contributed by atoms with E-state index >= 15 is 0 Å². The van der Waals surface area contributed by atoms with E-state index in [-0.39, 0.29) is 23.8 Å². The minimum Gasteiger partial charge on any atom is -0.490 e. The number of anilines is 1. The van der Waals surface area contributed by atoms with Crippen molar-refractivity contribution < 1.29 is 19.0 Å². The van der Waals surface area contributed by atoms with Crippen molar-refractivity contribution in [2.45, 2.75) is 20.1 Å². The van der Waals surface area contributed by atoms with Gasteiger partial charge in [-0.1, -0.05) is 70.1 Å². The molecule has 4 aromatic carbocycles. The molecular formula is C32H23Cl5N2O4. The Kier molecular flexibility index (Phi) is 11.5. The van der Waals surface area contributed by atoms with E-state index in [1.165, 1.54) is 6.08 Å². The first-order valence-corrected chi connectivity index (χ1v) is 14.7. The molecule has 1 amide bonds. The Balaban J connectivity index is 1.44. The van der Waals surface area contributed by atoms with Crippen molar-refractivity contribution in [3.05, 3.63) is 120 Å². The van der Waals surface area contributed by atoms with Crippen LogP contribution >= 0.6 is 58.0 Å². The Labute approximate surface area is 274 Å². The second-order valence-electron chi connectivity index (χ2n) is 8.97. The minimum absolute atomic E-state index is 0.138. The Hall–Kier alpha value is -3.57. The van der Waals surface area contributed by atoms with Crippen LogP contribution < -0.4 is 19.5 Å². The summed E-state index contributed by atoms with van der Waals surface area (Å²) >= 11 is 30.8. The van der Waals surface area contributed by atoms with Crippen LogP contribution in [0.15, 0.2) is 78.4 Å². The van der Waals surface area contributed by atoms with Crippen LogP contribution in [0.25, 0.3) is 6.08 Å². The second-order valence-corrected chi connectivity index (χ2v) is 11.0. The van der Waals surface area contributed by atoms with Gasteiger partial charge in [0.2, 0.25) is 0 Å². The van der Waals surface area contributed by atoms with Gasteiger partial charge >= 0.3 is 0 Å². The second kappa shape index (κ2) is 15.2. The van der Waals surface area contributed by atoms with Gasteiger partial charge in [0.1, 0.15) is 30.6 Å². The molecule has 6 nitrogen and oxygen atoms in total. The van der Waals surface area contributed by atoms with E-state index in [0.29, 0.717) is 55.2 Å². The summed E-state index contributed by atoms with van der Waals surface area (Å²) in [5.74, 6) is 0.641. The number of carbonyl (C=O) groups is 1. The molecule has 4 rings (SSSR count). The van der Waals surface area contributed by atoms with E-state index in [2.05, 4.69) is 5.32 Å². The molecule has 11 heteroatoms. The van der Waals surface area contributed by atoms with Crippen molar-refractivity contribution in [2.24, 2.45) is 0 Å². The summed E-state index contributed by atoms with van der Waals surface area (Å²) in [5.41, 5.74) is 2.38. The molecule has 0 aliphatic heterocycles. The highest BCUT2D eigenvalue weighted by Gasteiger charge is 2.16. The number of halogens is 5. The molecule has 0 aromatic heterocycles. The van der Waals surface area contributed by atoms with Crippen molar-refractivity contribution in [1.82, 2.24) is 0 Å². The summed E-state index contributed by atoms with van der Waals surface area (Å²) in [4.78, 5) is 12.9. The molecule has 0 aliphatic carbocycles. The molecule has 220 valence electrons. The molecule has 1 N–H and O–H groups in total. The Morgan fingerprint density at radius 1 is 0.814 bits per heavy atom. The van der Waals surface area contributed by atoms with Crippen LogP contribution in [0.4, 0.5) is 5.69 Å². The molecule has 0 heterocycles. The first-order chi connectivity index (χ1) is 20.7. The van der Waals surface area contributed by atoms with Crippen LogP contribution in [0.2, 0.25) is 25.1 Å². The monoisotopic (exact) mass is 674 g/mol. The summed E-state index contributed by atoms with van der Waals surface area (Å²) in [6, 6.07) is 22.2. The highest BCUT2D eigenvalue weighted by Crippen LogP contribution is 2.38. The standard InChI is InChI=1S/C32H23Cl5N2O4/c1-2-41-30-14-20(13-29(37)31(30)43-17-19-3-10-26(34)28(36)12-19)11-22(16-38)32(40)39-24-6-8-25(9-7-24)42-18-21-4-5-23(33)15-27(21)35/h3-15H,2,17-18H2,1H3,(H,39,40)/b22-11+. The number of benzene rings is 4. The van der Waals surface area contributed by atoms with Gasteiger partial charge in [-0.2, -0.15) is 5.26 Å². The topological polar surface area (TPSA) is 80.6 Å². The average molecular weight is 677 g/mol. The Bertz CT molecular complexity index is 1700. The molecule has 0 radical (unpaired) electrons. The molecule has 0 spiro atoms. The molecule has 0 saturated carbocycles. The third-order valence-corrected chi connectivity index (χ3v) is 7.50. The lowest BCUT2D eigenvalue weighted by Crippen LogP contribution is -2.13. The van der Waals surface area contributed by atoms with Crippen LogP contribution in [0.1, 0.15) is 23.6 Å². The van der Waals surface area contributed by atoms with Crippen molar-refractivity contribution in [3.8, 4) is 23.3 Å². The lowest BCUT2D eigenvalue weighted by atomic mass is 10.1. The zero-order valence-corrected chi connectivity index (χ0v) is 26.4. The normalized spacial score (nSPS) is 11.0. The van der Waals surface area contributed by atoms with Gasteiger partial charge in [0.25, 0.3) is 5.91 Å². The summed E-state index contributed by atoms with van der Waals surface area (Å²) in [5, 5.41) is 14.6. The number of hydrogen-bond donors (Lipinski definition) is 1. The van der Waals surface area contributed by atoms with Crippen LogP contribution in [-0.4, -0.2) is 12.5 Å². The Morgan fingerprint density at radius 2 is 1.58 bits per heavy atom. The fraction of sp³-hybridized carbons (Fsp3) is 0.125. The van der Waals surface area contributed by atoms with Crippen LogP contribution in [-0.2, 0) is 18.0 Å². The first kappa shape index (κ1) is 32.3. The number of rotatable bonds is 11. The maximum absolute atomic E-state index is 12.9. The third kappa shape index (κ3) is 8.96. The van der Waals surface area contributed by atoms with E-state index in [1.807, 2.05) is 13.0 Å². The summed E-state index contributed by atoms with van der Waals surface area (Å²) in [6.45, 7) is 2.56. The van der Waals surface area contributed by atoms with E-state index in [9.17, 15) is 10.1 Å². The summed E-state index contributed by atoms with van der Waals surface area (Å²) in [6.07, 6.45) is 1.42. The van der Waals surface area contributed by atoms with Crippen LogP contribution in [0, 0.1) is 11.3 Å². The number of nitrogens with one attached hydrogen (secondary N) is 1. The fourth-order valence-corrected chi connectivity index (χ4v) is 4.86. The Morgan fingerprint density at radius 3 is 2.26 bits per heavy atom. The number of carbonyl (C=O) groups excluding carboxylic acids is 1. The molecule has 43 heavy (non-hydrogen) atoms. The molecule has 4 aromatic rings. The minimum atomic E-state index is -0.599. The SMILES string of the molecule is CCOc1cc(/C=C(\C#N)C(=O)Nc2ccc(OCc3ccc(Cl)cc3Cl)cc2)cc(Cl)c1OCc1ccc(Cl)c(Cl)c1. The largest absolute Gasteiger partial charge is 0.490 e. The molecular weight excluding hydrogens is 654 g/mol. The van der Waals surface area contributed by atoms with Gasteiger partial charge in [-0.15, -0.1) is 0 Å². The lowest BCUT2D eigenvalue weighted by molar-refractivity contribution is -0.112. The number of amides is 1. The molecule has 0 atom stereocenters. The van der Waals surface area contributed by atoms with Crippen molar-refractivity contribution >= 4 is 75.7 Å². The van der Waals surface area contributed by atoms with Gasteiger partial charge in [-0.05, 0) is 84.8 Å².